The summed E-state index contributed by atoms with van der Waals surface area (Å²) in [5, 5.41) is 10.2. The van der Waals surface area contributed by atoms with Crippen molar-refractivity contribution in [2.75, 3.05) is 10.4 Å². The second kappa shape index (κ2) is 6.19. The van der Waals surface area contributed by atoms with E-state index in [1.54, 1.807) is 0 Å². The number of hydrazine groups is 2. The fraction of sp³-hybridized carbons (Fsp3) is 0.385. The molecule has 6 heteroatoms. The Kier molecular flexibility index (Phi) is 4.35. The van der Waals surface area contributed by atoms with Gasteiger partial charge in [-0.3, -0.25) is 9.69 Å². The van der Waals surface area contributed by atoms with Gasteiger partial charge in [-0.15, -0.1) is 10.6 Å². The van der Waals surface area contributed by atoms with Gasteiger partial charge in [0.05, 0.1) is 24.1 Å². The number of para-hydroxylation sites is 2. The monoisotopic (exact) mass is 260 g/mol. The van der Waals surface area contributed by atoms with Crippen LogP contribution in [0.2, 0.25) is 0 Å². The van der Waals surface area contributed by atoms with E-state index in [4.69, 9.17) is 0 Å². The van der Waals surface area contributed by atoms with E-state index in [1.807, 2.05) is 54.9 Å². The molecule has 0 aliphatic carbocycles. The van der Waals surface area contributed by atoms with E-state index in [0.29, 0.717) is 6.54 Å². The van der Waals surface area contributed by atoms with Crippen LogP contribution in [-0.2, 0) is 13.1 Å². The molecule has 1 aliphatic rings. The van der Waals surface area contributed by atoms with Crippen LogP contribution in [0.1, 0.15) is 26.5 Å². The molecular weight excluding hydrogens is 240 g/mol. The number of aryl methyl sites for hydroxylation is 1. The van der Waals surface area contributed by atoms with E-state index >= 15 is 0 Å². The molecular formula is C13H20N6. The molecule has 0 amide bonds. The number of nitrogens with zero attached hydrogens (tertiary/aromatic N) is 4. The van der Waals surface area contributed by atoms with Crippen LogP contribution in [0.15, 0.2) is 30.5 Å². The van der Waals surface area contributed by atoms with E-state index in [9.17, 15) is 0 Å². The molecule has 0 bridgehead atoms. The second-order valence-electron chi connectivity index (χ2n) is 3.91. The number of aromatic nitrogens is 3. The van der Waals surface area contributed by atoms with Crippen LogP contribution >= 0.6 is 0 Å². The lowest BCUT2D eigenvalue weighted by Crippen LogP contribution is -2.35. The zero-order valence-corrected chi connectivity index (χ0v) is 11.6. The Balaban J connectivity index is 0.000000637. The third kappa shape index (κ3) is 2.85. The summed E-state index contributed by atoms with van der Waals surface area (Å²) in [6, 6.07) is 8.12. The number of fused-ring (bicyclic) bond motifs is 1. The number of hydrogen-bond acceptors (Lipinski definition) is 5. The lowest BCUT2D eigenvalue weighted by atomic mass is 10.2. The number of nitrogens with one attached hydrogen (secondary N) is 2. The SMILES string of the molecule is CC.CCn1cc(CN2NNc3ccccc32)nn1. The van der Waals surface area contributed by atoms with Crippen molar-refractivity contribution >= 4 is 11.4 Å². The van der Waals surface area contributed by atoms with E-state index in [0.717, 1.165) is 23.6 Å². The van der Waals surface area contributed by atoms with Crippen LogP contribution in [0, 0.1) is 0 Å². The van der Waals surface area contributed by atoms with Crippen molar-refractivity contribution in [1.29, 1.82) is 0 Å². The molecule has 2 heterocycles. The van der Waals surface area contributed by atoms with Gasteiger partial charge in [-0.1, -0.05) is 31.2 Å². The second-order valence-corrected chi connectivity index (χ2v) is 3.91. The average molecular weight is 260 g/mol. The quantitative estimate of drug-likeness (QED) is 0.886. The van der Waals surface area contributed by atoms with E-state index in [-0.39, 0.29) is 0 Å². The van der Waals surface area contributed by atoms with Crippen molar-refractivity contribution in [2.24, 2.45) is 0 Å². The van der Waals surface area contributed by atoms with Crippen molar-refractivity contribution in [3.8, 4) is 0 Å². The lowest BCUT2D eigenvalue weighted by Gasteiger charge is -2.15. The summed E-state index contributed by atoms with van der Waals surface area (Å²) in [5.41, 5.74) is 9.36. The summed E-state index contributed by atoms with van der Waals surface area (Å²) in [4.78, 5) is 0. The molecule has 0 atom stereocenters. The van der Waals surface area contributed by atoms with Crippen LogP contribution in [0.3, 0.4) is 0 Å². The molecule has 1 aliphatic heterocycles. The smallest absolute Gasteiger partial charge is 0.104 e. The molecule has 0 radical (unpaired) electrons. The number of benzene rings is 1. The van der Waals surface area contributed by atoms with Crippen molar-refractivity contribution < 1.29 is 0 Å². The molecule has 1 aromatic heterocycles. The van der Waals surface area contributed by atoms with E-state index in [1.165, 1.54) is 0 Å². The minimum atomic E-state index is 0.685. The molecule has 0 spiro atoms. The summed E-state index contributed by atoms with van der Waals surface area (Å²) in [6.45, 7) is 7.57. The lowest BCUT2D eigenvalue weighted by molar-refractivity contribution is 0.626. The Bertz CT molecular complexity index is 521. The minimum absolute atomic E-state index is 0.685. The fourth-order valence-electron chi connectivity index (χ4n) is 1.85. The molecule has 1 aromatic carbocycles. The maximum Gasteiger partial charge on any atom is 0.104 e. The Hall–Kier alpha value is -2.08. The highest BCUT2D eigenvalue weighted by Crippen LogP contribution is 2.28. The van der Waals surface area contributed by atoms with Gasteiger partial charge in [0.2, 0.25) is 0 Å². The van der Waals surface area contributed by atoms with Crippen LogP contribution in [0.5, 0.6) is 0 Å². The van der Waals surface area contributed by atoms with Crippen LogP contribution < -0.4 is 16.0 Å². The van der Waals surface area contributed by atoms with Crippen molar-refractivity contribution in [3.63, 3.8) is 0 Å². The first-order valence-corrected chi connectivity index (χ1v) is 6.64. The molecule has 6 nitrogen and oxygen atoms in total. The van der Waals surface area contributed by atoms with Crippen LogP contribution in [0.25, 0.3) is 0 Å². The largest absolute Gasteiger partial charge is 0.302 e. The van der Waals surface area contributed by atoms with Gasteiger partial charge in [0.25, 0.3) is 0 Å². The third-order valence-electron chi connectivity index (χ3n) is 2.75. The first-order chi connectivity index (χ1) is 9.36. The highest BCUT2D eigenvalue weighted by molar-refractivity contribution is 5.72. The number of rotatable bonds is 3. The third-order valence-corrected chi connectivity index (χ3v) is 2.75. The average Bonchev–Trinajstić information content (AvgIpc) is 3.09. The Labute approximate surface area is 113 Å². The molecule has 2 aromatic rings. The van der Waals surface area contributed by atoms with E-state index < -0.39 is 0 Å². The van der Waals surface area contributed by atoms with Crippen LogP contribution in [-0.4, -0.2) is 15.0 Å². The molecule has 0 saturated heterocycles. The molecule has 0 unspecified atom stereocenters. The van der Waals surface area contributed by atoms with Gasteiger partial charge >= 0.3 is 0 Å². The van der Waals surface area contributed by atoms with Crippen molar-refractivity contribution in [3.05, 3.63) is 36.2 Å². The predicted octanol–water partition coefficient (Wildman–Crippen LogP) is 2.18. The molecule has 3 rings (SSSR count). The van der Waals surface area contributed by atoms with Gasteiger partial charge in [0.15, 0.2) is 0 Å². The Morgan fingerprint density at radius 2 is 2.00 bits per heavy atom. The van der Waals surface area contributed by atoms with Gasteiger partial charge in [0, 0.05) is 6.54 Å². The standard InChI is InChI=1S/C11H14N6.C2H6/c1-2-16-7-9(12-14-16)8-17-11-6-4-3-5-10(11)13-15-17;1-2/h3-7,13,15H,2,8H2,1H3;1-2H3. The summed E-state index contributed by atoms with van der Waals surface area (Å²) in [7, 11) is 0. The Morgan fingerprint density at radius 3 is 2.74 bits per heavy atom. The van der Waals surface area contributed by atoms with E-state index in [2.05, 4.69) is 27.3 Å². The first-order valence-electron chi connectivity index (χ1n) is 6.64. The molecule has 19 heavy (non-hydrogen) atoms. The van der Waals surface area contributed by atoms with Gasteiger partial charge in [-0.2, -0.15) is 0 Å². The molecule has 0 fully saturated rings. The fourth-order valence-corrected chi connectivity index (χ4v) is 1.85. The summed E-state index contributed by atoms with van der Waals surface area (Å²) >= 11 is 0. The normalized spacial score (nSPS) is 12.5. The summed E-state index contributed by atoms with van der Waals surface area (Å²) in [6.07, 6.45) is 1.96. The van der Waals surface area contributed by atoms with Crippen molar-refractivity contribution in [1.82, 2.24) is 20.5 Å². The predicted molar refractivity (Wildman–Crippen MR) is 76.4 cm³/mol. The van der Waals surface area contributed by atoms with Crippen LogP contribution in [0.4, 0.5) is 11.4 Å². The maximum atomic E-state index is 4.13. The summed E-state index contributed by atoms with van der Waals surface area (Å²) in [5.74, 6) is 0. The zero-order valence-electron chi connectivity index (χ0n) is 11.6. The zero-order chi connectivity index (χ0) is 13.7. The molecule has 102 valence electrons. The van der Waals surface area contributed by atoms with Gasteiger partial charge in [-0.05, 0) is 19.1 Å². The Morgan fingerprint density at radius 1 is 1.21 bits per heavy atom. The highest BCUT2D eigenvalue weighted by Gasteiger charge is 2.18. The summed E-state index contributed by atoms with van der Waals surface area (Å²) < 4.78 is 1.82. The van der Waals surface area contributed by atoms with Gasteiger partial charge in [0.1, 0.15) is 5.69 Å². The van der Waals surface area contributed by atoms with Gasteiger partial charge < -0.3 is 5.43 Å². The van der Waals surface area contributed by atoms with Gasteiger partial charge in [-0.25, -0.2) is 0 Å². The molecule has 0 saturated carbocycles. The van der Waals surface area contributed by atoms with Crippen molar-refractivity contribution in [2.45, 2.75) is 33.9 Å². The molecule has 2 N–H and O–H groups in total. The number of hydrogen-bond donors (Lipinski definition) is 2. The maximum absolute atomic E-state index is 4.13. The topological polar surface area (TPSA) is 58.0 Å². The first kappa shape index (κ1) is 13.4. The minimum Gasteiger partial charge on any atom is -0.302 e. The highest BCUT2D eigenvalue weighted by atomic mass is 15.7. The number of anilines is 2.